The summed E-state index contributed by atoms with van der Waals surface area (Å²) in [6, 6.07) is 14.7. The van der Waals surface area contributed by atoms with Crippen molar-refractivity contribution in [2.24, 2.45) is 0 Å². The molecule has 0 unspecified atom stereocenters. The van der Waals surface area contributed by atoms with Crippen LogP contribution in [0.3, 0.4) is 0 Å². The average Bonchev–Trinajstić information content (AvgIpc) is 2.60. The number of rotatable bonds is 5. The average molecular weight is 342 g/mol. The highest BCUT2D eigenvalue weighted by Gasteiger charge is 2.15. The first-order chi connectivity index (χ1) is 11.6. The zero-order valence-corrected chi connectivity index (χ0v) is 14.6. The molecule has 0 spiro atoms. The van der Waals surface area contributed by atoms with E-state index in [1.165, 1.54) is 0 Å². The molecule has 0 saturated heterocycles. The minimum absolute atomic E-state index is 0.0683. The lowest BCUT2D eigenvalue weighted by Gasteiger charge is -2.22. The number of hydrogen-bond donors (Lipinski definition) is 0. The largest absolute Gasteiger partial charge is 0.345 e. The van der Waals surface area contributed by atoms with Crippen LogP contribution in [-0.4, -0.2) is 23.1 Å². The number of unbranched alkanes of at least 4 members (excludes halogenated alkanes) is 1. The topological polar surface area (TPSA) is 38.1 Å². The normalized spacial score (nSPS) is 11.0. The Balaban J connectivity index is 2.25. The van der Waals surface area contributed by atoms with Crippen LogP contribution in [0.4, 0.5) is 5.95 Å². The Morgan fingerprint density at radius 3 is 2.54 bits per heavy atom. The molecule has 3 rings (SSSR count). The van der Waals surface area contributed by atoms with Crippen LogP contribution in [0.2, 0.25) is 5.02 Å². The van der Waals surface area contributed by atoms with Gasteiger partial charge in [-0.1, -0.05) is 37.1 Å². The molecule has 0 aliphatic rings. The van der Waals surface area contributed by atoms with E-state index in [1.807, 2.05) is 48.3 Å². The number of hydrogen-bond acceptors (Lipinski definition) is 3. The van der Waals surface area contributed by atoms with Gasteiger partial charge in [0.25, 0.3) is 5.56 Å². The van der Waals surface area contributed by atoms with Gasteiger partial charge in [-0.25, -0.2) is 9.55 Å². The van der Waals surface area contributed by atoms with Crippen molar-refractivity contribution in [3.63, 3.8) is 0 Å². The first-order valence-corrected chi connectivity index (χ1v) is 8.48. The standard InChI is InChI=1S/C19H20ClN3O/c1-3-4-13-22(2)19-21-17-8-6-5-7-16(17)18(24)23(19)15-11-9-14(20)10-12-15/h5-12H,3-4,13H2,1-2H3. The van der Waals surface area contributed by atoms with Crippen LogP contribution in [0.1, 0.15) is 19.8 Å². The van der Waals surface area contributed by atoms with Crippen molar-refractivity contribution in [2.75, 3.05) is 18.5 Å². The lowest BCUT2D eigenvalue weighted by Crippen LogP contribution is -2.30. The molecule has 0 saturated carbocycles. The van der Waals surface area contributed by atoms with Gasteiger partial charge >= 0.3 is 0 Å². The third-order valence-corrected chi connectivity index (χ3v) is 4.28. The number of halogens is 1. The molecule has 1 heterocycles. The minimum Gasteiger partial charge on any atom is -0.345 e. The third-order valence-electron chi connectivity index (χ3n) is 4.03. The Labute approximate surface area is 146 Å². The smallest absolute Gasteiger partial charge is 0.267 e. The fourth-order valence-corrected chi connectivity index (χ4v) is 2.82. The van der Waals surface area contributed by atoms with Crippen molar-refractivity contribution >= 4 is 28.5 Å². The molecule has 4 nitrogen and oxygen atoms in total. The molecular weight excluding hydrogens is 322 g/mol. The van der Waals surface area contributed by atoms with E-state index in [2.05, 4.69) is 6.92 Å². The fourth-order valence-electron chi connectivity index (χ4n) is 2.70. The van der Waals surface area contributed by atoms with E-state index in [9.17, 15) is 4.79 Å². The van der Waals surface area contributed by atoms with Crippen molar-refractivity contribution in [3.8, 4) is 5.69 Å². The lowest BCUT2D eigenvalue weighted by molar-refractivity contribution is 0.736. The molecule has 0 radical (unpaired) electrons. The van der Waals surface area contributed by atoms with Gasteiger partial charge in [0.2, 0.25) is 5.95 Å². The number of anilines is 1. The van der Waals surface area contributed by atoms with E-state index in [4.69, 9.17) is 16.6 Å². The molecule has 24 heavy (non-hydrogen) atoms. The zero-order valence-electron chi connectivity index (χ0n) is 13.9. The summed E-state index contributed by atoms with van der Waals surface area (Å²) in [5.74, 6) is 0.648. The van der Waals surface area contributed by atoms with Gasteiger partial charge in [-0.2, -0.15) is 0 Å². The van der Waals surface area contributed by atoms with Gasteiger partial charge in [0.05, 0.1) is 16.6 Å². The molecule has 0 aliphatic heterocycles. The van der Waals surface area contributed by atoms with E-state index in [1.54, 1.807) is 16.7 Å². The van der Waals surface area contributed by atoms with Crippen molar-refractivity contribution in [1.82, 2.24) is 9.55 Å². The van der Waals surface area contributed by atoms with E-state index in [0.29, 0.717) is 21.9 Å². The van der Waals surface area contributed by atoms with Gasteiger partial charge in [0.1, 0.15) is 0 Å². The van der Waals surface area contributed by atoms with Gasteiger partial charge < -0.3 is 4.90 Å². The van der Waals surface area contributed by atoms with Crippen LogP contribution in [0.15, 0.2) is 53.3 Å². The summed E-state index contributed by atoms with van der Waals surface area (Å²) >= 11 is 5.99. The Morgan fingerprint density at radius 2 is 1.83 bits per heavy atom. The Morgan fingerprint density at radius 1 is 1.12 bits per heavy atom. The van der Waals surface area contributed by atoms with Crippen LogP contribution in [0.25, 0.3) is 16.6 Å². The summed E-state index contributed by atoms with van der Waals surface area (Å²) in [4.78, 5) is 19.9. The maximum atomic E-state index is 13.1. The van der Waals surface area contributed by atoms with Crippen molar-refractivity contribution in [3.05, 3.63) is 63.9 Å². The molecule has 124 valence electrons. The van der Waals surface area contributed by atoms with Crippen molar-refractivity contribution in [1.29, 1.82) is 0 Å². The van der Waals surface area contributed by atoms with Gasteiger partial charge in [-0.3, -0.25) is 4.79 Å². The van der Waals surface area contributed by atoms with Gasteiger partial charge in [-0.15, -0.1) is 0 Å². The van der Waals surface area contributed by atoms with Gasteiger partial charge in [-0.05, 0) is 42.8 Å². The SMILES string of the molecule is CCCCN(C)c1nc2ccccc2c(=O)n1-c1ccc(Cl)cc1. The van der Waals surface area contributed by atoms with Crippen LogP contribution in [0, 0.1) is 0 Å². The Bertz CT molecular complexity index is 903. The first kappa shape index (κ1) is 16.5. The number of aromatic nitrogens is 2. The van der Waals surface area contributed by atoms with Gasteiger partial charge in [0.15, 0.2) is 0 Å². The monoisotopic (exact) mass is 341 g/mol. The predicted octanol–water partition coefficient (Wildman–Crippen LogP) is 4.28. The molecule has 0 bridgehead atoms. The van der Waals surface area contributed by atoms with E-state index < -0.39 is 0 Å². The van der Waals surface area contributed by atoms with E-state index >= 15 is 0 Å². The summed E-state index contributed by atoms with van der Waals surface area (Å²) in [5.41, 5.74) is 1.41. The third kappa shape index (κ3) is 3.15. The van der Waals surface area contributed by atoms with Gasteiger partial charge in [0, 0.05) is 18.6 Å². The molecule has 0 N–H and O–H groups in total. The summed E-state index contributed by atoms with van der Waals surface area (Å²) in [6.07, 6.45) is 2.13. The number of para-hydroxylation sites is 1. The molecule has 0 amide bonds. The number of fused-ring (bicyclic) bond motifs is 1. The number of benzene rings is 2. The van der Waals surface area contributed by atoms with E-state index in [0.717, 1.165) is 25.1 Å². The molecule has 0 atom stereocenters. The van der Waals surface area contributed by atoms with Crippen molar-refractivity contribution in [2.45, 2.75) is 19.8 Å². The highest BCUT2D eigenvalue weighted by Crippen LogP contribution is 2.20. The lowest BCUT2D eigenvalue weighted by atomic mass is 10.2. The first-order valence-electron chi connectivity index (χ1n) is 8.10. The second kappa shape index (κ2) is 7.05. The van der Waals surface area contributed by atoms with Crippen LogP contribution >= 0.6 is 11.6 Å². The quantitative estimate of drug-likeness (QED) is 0.695. The molecule has 3 aromatic rings. The summed E-state index contributed by atoms with van der Waals surface area (Å²) < 4.78 is 1.66. The van der Waals surface area contributed by atoms with Crippen LogP contribution in [0.5, 0.6) is 0 Å². The Hall–Kier alpha value is -2.33. The Kier molecular flexibility index (Phi) is 4.86. The maximum Gasteiger partial charge on any atom is 0.267 e. The second-order valence-corrected chi connectivity index (χ2v) is 6.26. The van der Waals surface area contributed by atoms with Crippen molar-refractivity contribution < 1.29 is 0 Å². The zero-order chi connectivity index (χ0) is 17.1. The molecule has 0 aliphatic carbocycles. The number of nitrogens with zero attached hydrogens (tertiary/aromatic N) is 3. The molecular formula is C19H20ClN3O. The second-order valence-electron chi connectivity index (χ2n) is 5.82. The predicted molar refractivity (Wildman–Crippen MR) is 101 cm³/mol. The highest BCUT2D eigenvalue weighted by atomic mass is 35.5. The summed E-state index contributed by atoms with van der Waals surface area (Å²) in [7, 11) is 1.97. The summed E-state index contributed by atoms with van der Waals surface area (Å²) in [6.45, 7) is 2.99. The molecule has 0 fully saturated rings. The maximum absolute atomic E-state index is 13.1. The molecule has 2 aromatic carbocycles. The van der Waals surface area contributed by atoms with Crippen LogP contribution < -0.4 is 10.5 Å². The van der Waals surface area contributed by atoms with E-state index in [-0.39, 0.29) is 5.56 Å². The molecule has 5 heteroatoms. The fraction of sp³-hybridized carbons (Fsp3) is 0.263. The highest BCUT2D eigenvalue weighted by molar-refractivity contribution is 6.30. The summed E-state index contributed by atoms with van der Waals surface area (Å²) in [5, 5.41) is 1.25. The minimum atomic E-state index is -0.0683. The van der Waals surface area contributed by atoms with Crippen LogP contribution in [-0.2, 0) is 0 Å². The molecule has 1 aromatic heterocycles.